The Morgan fingerprint density at radius 2 is 2.14 bits per heavy atom. The van der Waals surface area contributed by atoms with Crippen LogP contribution in [0.25, 0.3) is 0 Å². The van der Waals surface area contributed by atoms with Gasteiger partial charge < -0.3 is 25.8 Å². The number of carbonyl (C=O) groups is 2. The molecule has 152 valence electrons. The molecule has 28 heavy (non-hydrogen) atoms. The lowest BCUT2D eigenvalue weighted by molar-refractivity contribution is -0.135. The van der Waals surface area contributed by atoms with Crippen molar-refractivity contribution in [3.63, 3.8) is 0 Å². The second-order valence-electron chi connectivity index (χ2n) is 6.83. The Balaban J connectivity index is 0.00000280. The quantitative estimate of drug-likeness (QED) is 0.698. The van der Waals surface area contributed by atoms with Gasteiger partial charge in [-0.15, -0.1) is 12.4 Å². The lowest BCUT2D eigenvalue weighted by Gasteiger charge is -2.36. The third kappa shape index (κ3) is 4.82. The fourth-order valence-corrected chi connectivity index (χ4v) is 3.61. The summed E-state index contributed by atoms with van der Waals surface area (Å²) in [7, 11) is 1.92. The monoisotopic (exact) mass is 406 g/mol. The minimum Gasteiger partial charge on any atom is -0.352 e. The summed E-state index contributed by atoms with van der Waals surface area (Å²) in [5.74, 6) is 0.803. The lowest BCUT2D eigenvalue weighted by atomic mass is 9.97. The molecule has 2 heterocycles. The van der Waals surface area contributed by atoms with E-state index >= 15 is 0 Å². The SMILES string of the molecule is Cc1ccccc1C(CC(=O)N1CCNCC1c1nccn1C)NC(N)=O.Cl. The molecule has 1 aromatic heterocycles. The van der Waals surface area contributed by atoms with Gasteiger partial charge in [-0.3, -0.25) is 4.79 Å². The normalized spacial score (nSPS) is 17.5. The van der Waals surface area contributed by atoms with Crippen molar-refractivity contribution in [3.8, 4) is 0 Å². The Labute approximate surface area is 170 Å². The van der Waals surface area contributed by atoms with E-state index < -0.39 is 12.1 Å². The molecule has 0 bridgehead atoms. The van der Waals surface area contributed by atoms with E-state index in [-0.39, 0.29) is 30.8 Å². The van der Waals surface area contributed by atoms with E-state index in [1.807, 2.05) is 53.9 Å². The number of rotatable bonds is 5. The van der Waals surface area contributed by atoms with Crippen LogP contribution in [0.15, 0.2) is 36.7 Å². The maximum atomic E-state index is 13.2. The number of carbonyl (C=O) groups excluding carboxylic acids is 2. The van der Waals surface area contributed by atoms with E-state index in [1.54, 1.807) is 6.20 Å². The summed E-state index contributed by atoms with van der Waals surface area (Å²) in [5, 5.41) is 6.05. The Bertz CT molecular complexity index is 824. The fourth-order valence-electron chi connectivity index (χ4n) is 3.61. The molecule has 8 nitrogen and oxygen atoms in total. The van der Waals surface area contributed by atoms with Crippen molar-refractivity contribution < 1.29 is 9.59 Å². The number of aromatic nitrogens is 2. The van der Waals surface area contributed by atoms with Gasteiger partial charge in [-0.25, -0.2) is 9.78 Å². The minimum absolute atomic E-state index is 0. The van der Waals surface area contributed by atoms with E-state index in [0.29, 0.717) is 13.1 Å². The molecule has 3 rings (SSSR count). The third-order valence-electron chi connectivity index (χ3n) is 4.98. The maximum absolute atomic E-state index is 13.2. The first kappa shape index (κ1) is 21.7. The van der Waals surface area contributed by atoms with Crippen LogP contribution in [-0.2, 0) is 11.8 Å². The minimum atomic E-state index is -0.642. The number of hydrogen-bond donors (Lipinski definition) is 3. The first-order valence-electron chi connectivity index (χ1n) is 9.06. The van der Waals surface area contributed by atoms with Crippen LogP contribution in [0, 0.1) is 6.92 Å². The van der Waals surface area contributed by atoms with Gasteiger partial charge in [0, 0.05) is 39.1 Å². The molecule has 0 aliphatic carbocycles. The molecule has 1 aliphatic rings. The topological polar surface area (TPSA) is 105 Å². The van der Waals surface area contributed by atoms with Crippen LogP contribution in [0.2, 0.25) is 0 Å². The van der Waals surface area contributed by atoms with E-state index in [1.165, 1.54) is 0 Å². The van der Waals surface area contributed by atoms with Crippen LogP contribution in [0.1, 0.15) is 35.5 Å². The van der Waals surface area contributed by atoms with Gasteiger partial charge in [0.15, 0.2) is 0 Å². The van der Waals surface area contributed by atoms with Crippen molar-refractivity contribution in [1.29, 1.82) is 0 Å². The van der Waals surface area contributed by atoms with Gasteiger partial charge in [-0.05, 0) is 18.1 Å². The summed E-state index contributed by atoms with van der Waals surface area (Å²) in [6.07, 6.45) is 3.75. The summed E-state index contributed by atoms with van der Waals surface area (Å²) in [6, 6.07) is 6.44. The maximum Gasteiger partial charge on any atom is 0.312 e. The van der Waals surface area contributed by atoms with Crippen molar-refractivity contribution in [1.82, 2.24) is 25.1 Å². The van der Waals surface area contributed by atoms with Crippen molar-refractivity contribution in [2.75, 3.05) is 19.6 Å². The van der Waals surface area contributed by atoms with E-state index in [9.17, 15) is 9.59 Å². The Morgan fingerprint density at radius 1 is 1.39 bits per heavy atom. The zero-order valence-corrected chi connectivity index (χ0v) is 16.9. The summed E-state index contributed by atoms with van der Waals surface area (Å²) in [4.78, 5) is 30.9. The molecule has 9 heteroatoms. The van der Waals surface area contributed by atoms with Gasteiger partial charge in [-0.1, -0.05) is 24.3 Å². The van der Waals surface area contributed by atoms with E-state index in [2.05, 4.69) is 15.6 Å². The number of halogens is 1. The van der Waals surface area contributed by atoms with Gasteiger partial charge >= 0.3 is 6.03 Å². The smallest absolute Gasteiger partial charge is 0.312 e. The molecule has 1 aliphatic heterocycles. The summed E-state index contributed by atoms with van der Waals surface area (Å²) >= 11 is 0. The molecule has 2 aromatic rings. The molecule has 0 radical (unpaired) electrons. The molecule has 1 fully saturated rings. The predicted molar refractivity (Wildman–Crippen MR) is 109 cm³/mol. The van der Waals surface area contributed by atoms with Crippen LogP contribution in [0.5, 0.6) is 0 Å². The highest BCUT2D eigenvalue weighted by Crippen LogP contribution is 2.26. The number of hydrogen-bond acceptors (Lipinski definition) is 4. The number of imidazole rings is 1. The number of urea groups is 1. The fraction of sp³-hybridized carbons (Fsp3) is 0.421. The number of nitrogens with zero attached hydrogens (tertiary/aromatic N) is 3. The van der Waals surface area contributed by atoms with Gasteiger partial charge in [0.2, 0.25) is 5.91 Å². The Hall–Kier alpha value is -2.58. The highest BCUT2D eigenvalue weighted by atomic mass is 35.5. The summed E-state index contributed by atoms with van der Waals surface area (Å²) in [6.45, 7) is 3.92. The predicted octanol–water partition coefficient (Wildman–Crippen LogP) is 1.42. The number of benzene rings is 1. The third-order valence-corrected chi connectivity index (χ3v) is 4.98. The van der Waals surface area contributed by atoms with Crippen LogP contribution < -0.4 is 16.4 Å². The standard InChI is InChI=1S/C19H26N6O2.ClH/c1-13-5-3-4-6-14(13)15(23-19(20)27)11-17(26)25-10-7-21-12-16(25)18-22-8-9-24(18)2;/h3-6,8-9,15-16,21H,7,10-12H2,1-2H3,(H3,20,23,27);1H. The van der Waals surface area contributed by atoms with Crippen LogP contribution in [-0.4, -0.2) is 46.0 Å². The van der Waals surface area contributed by atoms with Crippen molar-refractivity contribution >= 4 is 24.3 Å². The number of primary amides is 1. The van der Waals surface area contributed by atoms with Crippen molar-refractivity contribution in [3.05, 3.63) is 53.6 Å². The second kappa shape index (κ2) is 9.57. The summed E-state index contributed by atoms with van der Waals surface area (Å²) < 4.78 is 1.93. The van der Waals surface area contributed by atoms with Gasteiger partial charge in [-0.2, -0.15) is 0 Å². The first-order valence-corrected chi connectivity index (χ1v) is 9.06. The van der Waals surface area contributed by atoms with Crippen LogP contribution in [0.4, 0.5) is 4.79 Å². The molecule has 4 N–H and O–H groups in total. The number of nitrogens with one attached hydrogen (secondary N) is 2. The van der Waals surface area contributed by atoms with Crippen LogP contribution in [0.3, 0.4) is 0 Å². The van der Waals surface area contributed by atoms with Crippen molar-refractivity contribution in [2.24, 2.45) is 12.8 Å². The highest BCUT2D eigenvalue weighted by Gasteiger charge is 2.32. The number of amides is 3. The molecule has 2 atom stereocenters. The Kier molecular flexibility index (Phi) is 7.42. The zero-order valence-electron chi connectivity index (χ0n) is 16.1. The molecule has 0 saturated carbocycles. The highest BCUT2D eigenvalue weighted by molar-refractivity contribution is 5.85. The number of nitrogens with two attached hydrogens (primary N) is 1. The molecule has 0 spiro atoms. The summed E-state index contributed by atoms with van der Waals surface area (Å²) in [5.41, 5.74) is 7.26. The Morgan fingerprint density at radius 3 is 2.79 bits per heavy atom. The molecular weight excluding hydrogens is 380 g/mol. The molecule has 1 saturated heterocycles. The van der Waals surface area contributed by atoms with Crippen LogP contribution >= 0.6 is 12.4 Å². The van der Waals surface area contributed by atoms with Gasteiger partial charge in [0.1, 0.15) is 11.9 Å². The zero-order chi connectivity index (χ0) is 19.4. The average molecular weight is 407 g/mol. The number of aryl methyl sites for hydroxylation is 2. The van der Waals surface area contributed by atoms with Gasteiger partial charge in [0.05, 0.1) is 12.5 Å². The molecule has 3 amide bonds. The molecule has 2 unspecified atom stereocenters. The largest absolute Gasteiger partial charge is 0.352 e. The van der Waals surface area contributed by atoms with E-state index in [0.717, 1.165) is 23.5 Å². The number of piperazine rings is 1. The van der Waals surface area contributed by atoms with E-state index in [4.69, 9.17) is 5.73 Å². The van der Waals surface area contributed by atoms with Crippen molar-refractivity contribution in [2.45, 2.75) is 25.4 Å². The molecular formula is C19H27ClN6O2. The van der Waals surface area contributed by atoms with Gasteiger partial charge in [0.25, 0.3) is 0 Å². The average Bonchev–Trinajstić information content (AvgIpc) is 3.07. The first-order chi connectivity index (χ1) is 13.0. The second-order valence-corrected chi connectivity index (χ2v) is 6.83. The lowest BCUT2D eigenvalue weighted by Crippen LogP contribution is -2.50. The molecule has 1 aromatic carbocycles.